The summed E-state index contributed by atoms with van der Waals surface area (Å²) < 4.78 is 32.1. The second-order valence-corrected chi connectivity index (χ2v) is 8.52. The number of hydrogen-bond donors (Lipinski definition) is 0. The van der Waals surface area contributed by atoms with E-state index in [4.69, 9.17) is 4.74 Å². The third-order valence-electron chi connectivity index (χ3n) is 4.87. The van der Waals surface area contributed by atoms with Gasteiger partial charge in [-0.25, -0.2) is 8.42 Å². The van der Waals surface area contributed by atoms with Crippen molar-refractivity contribution >= 4 is 15.8 Å². The van der Waals surface area contributed by atoms with E-state index < -0.39 is 10.0 Å². The molecule has 0 amide bonds. The summed E-state index contributed by atoms with van der Waals surface area (Å²) >= 11 is 0. The second kappa shape index (κ2) is 8.14. The zero-order valence-electron chi connectivity index (χ0n) is 16.0. The highest BCUT2D eigenvalue weighted by Crippen LogP contribution is 2.23. The lowest BCUT2D eigenvalue weighted by Crippen LogP contribution is -2.49. The number of piperazine rings is 1. The molecular weight excluding hydrogens is 390 g/mol. The van der Waals surface area contributed by atoms with Crippen LogP contribution in [0.15, 0.2) is 65.8 Å². The Hall–Kier alpha value is -3.04. The largest absolute Gasteiger partial charge is 0.497 e. The van der Waals surface area contributed by atoms with Crippen LogP contribution < -0.4 is 9.64 Å². The van der Waals surface area contributed by atoms with Gasteiger partial charge in [0, 0.05) is 44.1 Å². The molecule has 1 aliphatic rings. The Labute approximate surface area is 169 Å². The zero-order chi connectivity index (χ0) is 20.3. The number of pyridine rings is 1. The number of aromatic nitrogens is 3. The first kappa shape index (κ1) is 19.3. The molecule has 150 valence electrons. The van der Waals surface area contributed by atoms with Gasteiger partial charge < -0.3 is 9.64 Å². The molecule has 8 nitrogen and oxygen atoms in total. The smallest absolute Gasteiger partial charge is 0.244 e. The maximum Gasteiger partial charge on any atom is 0.244 e. The fraction of sp³-hybridized carbons (Fsp3) is 0.250. The van der Waals surface area contributed by atoms with Crippen LogP contribution in [-0.4, -0.2) is 61.2 Å². The van der Waals surface area contributed by atoms with Crippen molar-refractivity contribution < 1.29 is 13.2 Å². The van der Waals surface area contributed by atoms with Gasteiger partial charge in [0.2, 0.25) is 10.0 Å². The molecule has 0 bridgehead atoms. The molecule has 3 aromatic rings. The average molecular weight is 411 g/mol. The number of sulfonamides is 1. The van der Waals surface area contributed by atoms with Crippen molar-refractivity contribution in [3.8, 4) is 17.0 Å². The van der Waals surface area contributed by atoms with Crippen LogP contribution in [0.3, 0.4) is 0 Å². The third kappa shape index (κ3) is 4.06. The van der Waals surface area contributed by atoms with E-state index in [1.807, 2.05) is 41.3 Å². The normalized spacial score (nSPS) is 15.3. The van der Waals surface area contributed by atoms with Gasteiger partial charge in [-0.3, -0.25) is 4.98 Å². The topological polar surface area (TPSA) is 88.5 Å². The number of rotatable bonds is 5. The lowest BCUT2D eigenvalue weighted by atomic mass is 10.1. The van der Waals surface area contributed by atoms with E-state index in [9.17, 15) is 8.42 Å². The first-order valence-corrected chi connectivity index (χ1v) is 10.7. The Morgan fingerprint density at radius 3 is 2.28 bits per heavy atom. The van der Waals surface area contributed by atoms with Gasteiger partial charge in [0.15, 0.2) is 5.82 Å². The van der Waals surface area contributed by atoms with Crippen LogP contribution in [0, 0.1) is 0 Å². The summed E-state index contributed by atoms with van der Waals surface area (Å²) in [4.78, 5) is 6.17. The van der Waals surface area contributed by atoms with Gasteiger partial charge in [-0.2, -0.15) is 4.31 Å². The Morgan fingerprint density at radius 1 is 0.931 bits per heavy atom. The fourth-order valence-corrected chi connectivity index (χ4v) is 4.60. The second-order valence-electron chi connectivity index (χ2n) is 6.59. The average Bonchev–Trinajstić information content (AvgIpc) is 2.80. The lowest BCUT2D eigenvalue weighted by Gasteiger charge is -2.34. The van der Waals surface area contributed by atoms with Crippen LogP contribution in [0.5, 0.6) is 5.75 Å². The number of nitrogens with zero attached hydrogens (tertiary/aromatic N) is 5. The Bertz CT molecular complexity index is 1050. The third-order valence-corrected chi connectivity index (χ3v) is 6.75. The van der Waals surface area contributed by atoms with Gasteiger partial charge in [0.05, 0.1) is 12.8 Å². The first-order valence-electron chi connectivity index (χ1n) is 9.21. The molecule has 0 radical (unpaired) electrons. The molecule has 3 heterocycles. The van der Waals surface area contributed by atoms with Gasteiger partial charge in [0.25, 0.3) is 0 Å². The zero-order valence-corrected chi connectivity index (χ0v) is 16.8. The molecule has 2 aromatic heterocycles. The summed E-state index contributed by atoms with van der Waals surface area (Å²) in [7, 11) is -1.89. The SMILES string of the molecule is COc1ccc(-c2ccc(N3CCN(S(=O)(=O)c4cccnc4)CC3)nn2)cc1. The molecule has 0 saturated carbocycles. The summed E-state index contributed by atoms with van der Waals surface area (Å²) in [6.07, 6.45) is 2.94. The molecule has 1 aromatic carbocycles. The van der Waals surface area contributed by atoms with Crippen LogP contribution in [0.2, 0.25) is 0 Å². The van der Waals surface area contributed by atoms with E-state index in [-0.39, 0.29) is 4.90 Å². The number of ether oxygens (including phenoxy) is 1. The minimum atomic E-state index is -3.52. The molecule has 0 spiro atoms. The molecule has 1 aliphatic heterocycles. The van der Waals surface area contributed by atoms with Crippen molar-refractivity contribution in [2.75, 3.05) is 38.2 Å². The summed E-state index contributed by atoms with van der Waals surface area (Å²) in [5.41, 5.74) is 1.73. The highest BCUT2D eigenvalue weighted by molar-refractivity contribution is 7.89. The van der Waals surface area contributed by atoms with E-state index >= 15 is 0 Å². The molecule has 0 aliphatic carbocycles. The number of benzene rings is 1. The van der Waals surface area contributed by atoms with E-state index in [2.05, 4.69) is 15.2 Å². The molecule has 4 rings (SSSR count). The van der Waals surface area contributed by atoms with Crippen LogP contribution in [0.4, 0.5) is 5.82 Å². The Morgan fingerprint density at radius 2 is 1.69 bits per heavy atom. The van der Waals surface area contributed by atoms with Crippen LogP contribution in [0.25, 0.3) is 11.3 Å². The predicted molar refractivity (Wildman–Crippen MR) is 109 cm³/mol. The monoisotopic (exact) mass is 411 g/mol. The van der Waals surface area contributed by atoms with Crippen molar-refractivity contribution in [3.63, 3.8) is 0 Å². The Balaban J connectivity index is 1.42. The summed E-state index contributed by atoms with van der Waals surface area (Å²) in [6, 6.07) is 14.7. The van der Waals surface area contributed by atoms with Crippen molar-refractivity contribution in [1.82, 2.24) is 19.5 Å². The van der Waals surface area contributed by atoms with Crippen molar-refractivity contribution in [2.45, 2.75) is 4.90 Å². The molecule has 0 unspecified atom stereocenters. The van der Waals surface area contributed by atoms with E-state index in [1.165, 1.54) is 10.5 Å². The van der Waals surface area contributed by atoms with Crippen LogP contribution in [0.1, 0.15) is 0 Å². The van der Waals surface area contributed by atoms with Crippen LogP contribution in [-0.2, 0) is 10.0 Å². The van der Waals surface area contributed by atoms with Crippen molar-refractivity contribution in [2.24, 2.45) is 0 Å². The summed E-state index contributed by atoms with van der Waals surface area (Å²) in [5.74, 6) is 1.53. The minimum absolute atomic E-state index is 0.220. The van der Waals surface area contributed by atoms with Gasteiger partial charge in [-0.1, -0.05) is 0 Å². The van der Waals surface area contributed by atoms with Crippen molar-refractivity contribution in [1.29, 1.82) is 0 Å². The lowest BCUT2D eigenvalue weighted by molar-refractivity contribution is 0.383. The standard InChI is InChI=1S/C20H21N5O3S/c1-28-17-6-4-16(5-7-17)19-8-9-20(23-22-19)24-11-13-25(14-12-24)29(26,27)18-3-2-10-21-15-18/h2-10,15H,11-14H2,1H3. The fourth-order valence-electron chi connectivity index (χ4n) is 3.22. The summed E-state index contributed by atoms with van der Waals surface area (Å²) in [6.45, 7) is 1.88. The molecular formula is C20H21N5O3S. The summed E-state index contributed by atoms with van der Waals surface area (Å²) in [5, 5.41) is 8.66. The van der Waals surface area contributed by atoms with E-state index in [0.717, 1.165) is 22.8 Å². The molecule has 1 fully saturated rings. The number of methoxy groups -OCH3 is 1. The first-order chi connectivity index (χ1) is 14.1. The maximum atomic E-state index is 12.7. The van der Waals surface area contributed by atoms with Gasteiger partial charge in [0.1, 0.15) is 10.6 Å². The van der Waals surface area contributed by atoms with Crippen molar-refractivity contribution in [3.05, 3.63) is 60.9 Å². The number of anilines is 1. The predicted octanol–water partition coefficient (Wildman–Crippen LogP) is 2.06. The Kier molecular flexibility index (Phi) is 5.41. The number of hydrogen-bond acceptors (Lipinski definition) is 7. The van der Waals surface area contributed by atoms with E-state index in [1.54, 1.807) is 25.4 Å². The quantitative estimate of drug-likeness (QED) is 0.635. The highest BCUT2D eigenvalue weighted by Gasteiger charge is 2.29. The van der Waals surface area contributed by atoms with Gasteiger partial charge in [-0.15, -0.1) is 10.2 Å². The molecule has 9 heteroatoms. The minimum Gasteiger partial charge on any atom is -0.497 e. The molecule has 1 saturated heterocycles. The molecule has 0 N–H and O–H groups in total. The van der Waals surface area contributed by atoms with E-state index in [0.29, 0.717) is 26.2 Å². The van der Waals surface area contributed by atoms with Gasteiger partial charge >= 0.3 is 0 Å². The van der Waals surface area contributed by atoms with Crippen LogP contribution >= 0.6 is 0 Å². The maximum absolute atomic E-state index is 12.7. The molecule has 29 heavy (non-hydrogen) atoms. The highest BCUT2D eigenvalue weighted by atomic mass is 32.2. The molecule has 0 atom stereocenters. The van der Waals surface area contributed by atoms with Gasteiger partial charge in [-0.05, 0) is 48.5 Å².